The third kappa shape index (κ3) is 4.34. The van der Waals surface area contributed by atoms with E-state index >= 15 is 0 Å². The second-order valence-corrected chi connectivity index (χ2v) is 17.5. The average molecular weight is 808 g/mol. The molecule has 0 bridgehead atoms. The highest BCUT2D eigenvalue weighted by molar-refractivity contribution is 6.29. The molecule has 0 saturated carbocycles. The van der Waals surface area contributed by atoms with Crippen molar-refractivity contribution in [2.24, 2.45) is 0 Å². The van der Waals surface area contributed by atoms with Gasteiger partial charge in [0.1, 0.15) is 0 Å². The van der Waals surface area contributed by atoms with Crippen molar-refractivity contribution in [1.29, 1.82) is 5.26 Å². The van der Waals surface area contributed by atoms with Gasteiger partial charge in [-0.25, -0.2) is 0 Å². The molecule has 0 aliphatic rings. The number of benzene rings is 11. The second-order valence-electron chi connectivity index (χ2n) is 17.5. The van der Waals surface area contributed by atoms with Crippen LogP contribution in [0.1, 0.15) is 5.56 Å². The van der Waals surface area contributed by atoms with Gasteiger partial charge in [-0.1, -0.05) is 127 Å². The van der Waals surface area contributed by atoms with E-state index in [2.05, 4.69) is 197 Å². The third-order valence-electron chi connectivity index (χ3n) is 14.3. The van der Waals surface area contributed by atoms with Crippen LogP contribution in [0.4, 0.5) is 0 Å². The Balaban J connectivity index is 1.01. The molecule has 15 rings (SSSR count). The van der Waals surface area contributed by atoms with E-state index in [9.17, 15) is 5.26 Å². The predicted molar refractivity (Wildman–Crippen MR) is 269 cm³/mol. The molecular formula is C61H33N3. The Labute approximate surface area is 366 Å². The Hall–Kier alpha value is -8.71. The average Bonchev–Trinajstić information content (AvgIpc) is 4.09. The molecule has 0 unspecified atom stereocenters. The summed E-state index contributed by atoms with van der Waals surface area (Å²) in [5.41, 5.74) is 15.0. The van der Waals surface area contributed by atoms with Crippen molar-refractivity contribution < 1.29 is 0 Å². The molecule has 15 aromatic rings. The number of nitriles is 1. The highest BCUT2D eigenvalue weighted by Crippen LogP contribution is 2.48. The first-order valence-corrected chi connectivity index (χ1v) is 22.0. The molecule has 0 spiro atoms. The van der Waals surface area contributed by atoms with Crippen molar-refractivity contribution in [3.05, 3.63) is 206 Å². The van der Waals surface area contributed by atoms with Gasteiger partial charge in [0.25, 0.3) is 0 Å². The first-order valence-electron chi connectivity index (χ1n) is 22.0. The topological polar surface area (TPSA) is 32.6 Å². The first-order chi connectivity index (χ1) is 31.7. The zero-order valence-electron chi connectivity index (χ0n) is 34.4. The number of rotatable bonds is 3. The van der Waals surface area contributed by atoms with E-state index < -0.39 is 0 Å². The Kier molecular flexibility index (Phi) is 6.48. The minimum Gasteiger partial charge on any atom is -0.308 e. The van der Waals surface area contributed by atoms with Crippen molar-refractivity contribution in [1.82, 2.24) is 8.80 Å². The lowest BCUT2D eigenvalue weighted by atomic mass is 9.91. The largest absolute Gasteiger partial charge is 0.308 e. The lowest BCUT2D eigenvalue weighted by Gasteiger charge is -2.12. The number of nitrogens with zero attached hydrogens (tertiary/aromatic N) is 3. The molecule has 0 amide bonds. The predicted octanol–water partition coefficient (Wildman–Crippen LogP) is 16.3. The minimum atomic E-state index is 0.663. The van der Waals surface area contributed by atoms with E-state index in [1.807, 2.05) is 18.2 Å². The molecule has 0 saturated heterocycles. The van der Waals surface area contributed by atoms with Crippen LogP contribution in [-0.4, -0.2) is 8.80 Å². The van der Waals surface area contributed by atoms with E-state index in [1.54, 1.807) is 0 Å². The van der Waals surface area contributed by atoms with Crippen molar-refractivity contribution in [3.63, 3.8) is 0 Å². The molecule has 0 N–H and O–H groups in total. The van der Waals surface area contributed by atoms with Crippen LogP contribution in [0.25, 0.3) is 142 Å². The SMILES string of the molecule is N#Cc1cccc(-c2cc3c4ccccc4n4c5ccc(-c6cccc7c6c6cc(-c8ccc9c%10ccccc%10c%10ccccc%10c9c8)cc8c9ccccc9n7c86)cc5c(c2)c34)c1. The fourth-order valence-electron chi connectivity index (χ4n) is 11.6. The van der Waals surface area contributed by atoms with E-state index in [1.165, 1.54) is 131 Å². The summed E-state index contributed by atoms with van der Waals surface area (Å²) in [5, 5.41) is 27.5. The molecule has 3 heteroatoms. The summed E-state index contributed by atoms with van der Waals surface area (Å²) in [6.45, 7) is 0. The van der Waals surface area contributed by atoms with Gasteiger partial charge >= 0.3 is 0 Å². The molecule has 0 aliphatic carbocycles. The lowest BCUT2D eigenvalue weighted by molar-refractivity contribution is 1.37. The van der Waals surface area contributed by atoms with Gasteiger partial charge in [-0.15, -0.1) is 0 Å². The van der Waals surface area contributed by atoms with Crippen molar-refractivity contribution in [2.45, 2.75) is 0 Å². The Bertz CT molecular complexity index is 4520. The maximum absolute atomic E-state index is 9.80. The summed E-state index contributed by atoms with van der Waals surface area (Å²) in [5.74, 6) is 0. The smallest absolute Gasteiger partial charge is 0.0991 e. The van der Waals surface area contributed by atoms with Crippen molar-refractivity contribution >= 4 is 109 Å². The highest BCUT2D eigenvalue weighted by atomic mass is 14.9. The molecule has 11 aromatic carbocycles. The number of hydrogen-bond donors (Lipinski definition) is 0. The fourth-order valence-corrected chi connectivity index (χ4v) is 11.6. The van der Waals surface area contributed by atoms with Gasteiger partial charge in [0.05, 0.1) is 44.7 Å². The number of para-hydroxylation sites is 2. The summed E-state index contributed by atoms with van der Waals surface area (Å²) >= 11 is 0. The Morgan fingerprint density at radius 1 is 0.281 bits per heavy atom. The van der Waals surface area contributed by atoms with E-state index in [4.69, 9.17) is 0 Å². The molecule has 64 heavy (non-hydrogen) atoms. The molecule has 0 radical (unpaired) electrons. The van der Waals surface area contributed by atoms with Gasteiger partial charge in [-0.2, -0.15) is 5.26 Å². The van der Waals surface area contributed by atoms with E-state index in [-0.39, 0.29) is 0 Å². The van der Waals surface area contributed by atoms with Crippen LogP contribution in [0.5, 0.6) is 0 Å². The second kappa shape index (κ2) is 12.2. The summed E-state index contributed by atoms with van der Waals surface area (Å²) in [7, 11) is 0. The van der Waals surface area contributed by atoms with Gasteiger partial charge in [-0.05, 0) is 138 Å². The van der Waals surface area contributed by atoms with Gasteiger partial charge in [0.2, 0.25) is 0 Å². The van der Waals surface area contributed by atoms with Crippen molar-refractivity contribution in [3.8, 4) is 39.4 Å². The summed E-state index contributed by atoms with van der Waals surface area (Å²) < 4.78 is 4.95. The summed E-state index contributed by atoms with van der Waals surface area (Å²) in [4.78, 5) is 0. The molecule has 0 atom stereocenters. The van der Waals surface area contributed by atoms with Crippen LogP contribution in [0.3, 0.4) is 0 Å². The van der Waals surface area contributed by atoms with Crippen LogP contribution < -0.4 is 0 Å². The standard InChI is InChI=1S/C61H33N3/c62-34-35-11-9-12-36(27-35)39-30-51-47-17-5-7-20-55(47)63-57-26-24-38(29-50(57)53(32-39)60(51)63)41-19-10-22-58-59(41)54-33-40(31-52-48-18-6-8-21-56(48)64(58)61(52)54)37-23-25-46-44-15-2-1-13-42(44)43-14-3-4-16-45(43)49(46)28-37/h1-33H. The molecule has 0 aliphatic heterocycles. The maximum Gasteiger partial charge on any atom is 0.0991 e. The zero-order chi connectivity index (χ0) is 41.8. The first kappa shape index (κ1) is 33.9. The molecule has 0 fully saturated rings. The molecule has 4 heterocycles. The van der Waals surface area contributed by atoms with E-state index in [0.717, 1.165) is 11.1 Å². The van der Waals surface area contributed by atoms with Crippen LogP contribution in [0, 0.1) is 11.3 Å². The molecule has 292 valence electrons. The van der Waals surface area contributed by atoms with Crippen LogP contribution >= 0.6 is 0 Å². The maximum atomic E-state index is 9.80. The Morgan fingerprint density at radius 2 is 0.734 bits per heavy atom. The third-order valence-corrected chi connectivity index (χ3v) is 14.3. The molecular weight excluding hydrogens is 775 g/mol. The normalized spacial score (nSPS) is 12.4. The minimum absolute atomic E-state index is 0.663. The summed E-state index contributed by atoms with van der Waals surface area (Å²) in [6, 6.07) is 76.1. The molecule has 4 aromatic heterocycles. The van der Waals surface area contributed by atoms with Crippen LogP contribution in [0.2, 0.25) is 0 Å². The molecule has 3 nitrogen and oxygen atoms in total. The van der Waals surface area contributed by atoms with Gasteiger partial charge in [0.15, 0.2) is 0 Å². The van der Waals surface area contributed by atoms with Crippen LogP contribution in [-0.2, 0) is 0 Å². The highest BCUT2D eigenvalue weighted by Gasteiger charge is 2.24. The lowest BCUT2D eigenvalue weighted by Crippen LogP contribution is -1.86. The Morgan fingerprint density at radius 3 is 1.41 bits per heavy atom. The van der Waals surface area contributed by atoms with E-state index in [0.29, 0.717) is 5.56 Å². The van der Waals surface area contributed by atoms with Gasteiger partial charge in [0, 0.05) is 43.1 Å². The number of aromatic nitrogens is 2. The summed E-state index contributed by atoms with van der Waals surface area (Å²) in [6.07, 6.45) is 0. The fraction of sp³-hybridized carbons (Fsp3) is 0. The zero-order valence-corrected chi connectivity index (χ0v) is 34.4. The van der Waals surface area contributed by atoms with Gasteiger partial charge < -0.3 is 8.80 Å². The quantitative estimate of drug-likeness (QED) is 0.164. The number of fused-ring (bicyclic) bond motifs is 18. The van der Waals surface area contributed by atoms with Crippen molar-refractivity contribution in [2.75, 3.05) is 0 Å². The number of hydrogen-bond acceptors (Lipinski definition) is 1. The monoisotopic (exact) mass is 807 g/mol. The van der Waals surface area contributed by atoms with Crippen LogP contribution in [0.15, 0.2) is 200 Å². The van der Waals surface area contributed by atoms with Gasteiger partial charge in [-0.3, -0.25) is 0 Å².